The molecule has 0 spiro atoms. The zero-order valence-corrected chi connectivity index (χ0v) is 12.1. The summed E-state index contributed by atoms with van der Waals surface area (Å²) in [5.41, 5.74) is 4.45. The van der Waals surface area contributed by atoms with Crippen LogP contribution in [0.25, 0.3) is 22.4 Å². The van der Waals surface area contributed by atoms with Crippen LogP contribution in [-0.2, 0) is 4.74 Å². The lowest BCUT2D eigenvalue weighted by molar-refractivity contribution is 0.192. The topological polar surface area (TPSA) is 63.9 Å². The summed E-state index contributed by atoms with van der Waals surface area (Å²) in [5.74, 6) is 1.58. The number of ether oxygens (including phenoxy) is 1. The van der Waals surface area contributed by atoms with Crippen molar-refractivity contribution >= 4 is 10.9 Å². The van der Waals surface area contributed by atoms with Crippen molar-refractivity contribution in [2.45, 2.75) is 26.2 Å². The van der Waals surface area contributed by atoms with Gasteiger partial charge in [0.25, 0.3) is 5.89 Å². The number of aryl methyl sites for hydroxylation is 2. The summed E-state index contributed by atoms with van der Waals surface area (Å²) in [7, 11) is 0. The number of aromatic amines is 1. The standard InChI is InChI=1S/C16H17N3O2/c1-9-10(2)17-14-12(9)4-3-5-13(14)16-18-15(19-21-16)11-6-7-20-8-11/h3-5,11,17H,6-8H2,1-2H3/t11-/m1/s1. The lowest BCUT2D eigenvalue weighted by Crippen LogP contribution is -1.99. The number of rotatable bonds is 2. The average molecular weight is 283 g/mol. The summed E-state index contributed by atoms with van der Waals surface area (Å²) >= 11 is 0. The van der Waals surface area contributed by atoms with Crippen molar-refractivity contribution < 1.29 is 9.26 Å². The van der Waals surface area contributed by atoms with E-state index in [2.05, 4.69) is 35.0 Å². The summed E-state index contributed by atoms with van der Waals surface area (Å²) in [6, 6.07) is 6.15. The second-order valence-electron chi connectivity index (χ2n) is 5.62. The van der Waals surface area contributed by atoms with Gasteiger partial charge in [0.2, 0.25) is 0 Å². The minimum absolute atomic E-state index is 0.258. The van der Waals surface area contributed by atoms with Gasteiger partial charge < -0.3 is 14.2 Å². The number of H-pyrrole nitrogens is 1. The molecular weight excluding hydrogens is 266 g/mol. The van der Waals surface area contributed by atoms with Crippen LogP contribution in [-0.4, -0.2) is 28.3 Å². The van der Waals surface area contributed by atoms with Crippen LogP contribution in [0.1, 0.15) is 29.4 Å². The van der Waals surface area contributed by atoms with Gasteiger partial charge in [0.1, 0.15) is 0 Å². The fourth-order valence-electron chi connectivity index (χ4n) is 2.91. The highest BCUT2D eigenvalue weighted by Crippen LogP contribution is 2.31. The number of hydrogen-bond donors (Lipinski definition) is 1. The third-order valence-corrected chi connectivity index (χ3v) is 4.31. The summed E-state index contributed by atoms with van der Waals surface area (Å²) in [4.78, 5) is 7.99. The van der Waals surface area contributed by atoms with Crippen molar-refractivity contribution in [3.63, 3.8) is 0 Å². The van der Waals surface area contributed by atoms with Gasteiger partial charge in [-0.2, -0.15) is 4.98 Å². The lowest BCUT2D eigenvalue weighted by atomic mass is 10.1. The minimum Gasteiger partial charge on any atom is -0.381 e. The Bertz CT molecular complexity index is 797. The highest BCUT2D eigenvalue weighted by atomic mass is 16.5. The molecule has 1 N–H and O–H groups in total. The van der Waals surface area contributed by atoms with Gasteiger partial charge in [0, 0.05) is 23.6 Å². The molecule has 2 aromatic heterocycles. The van der Waals surface area contributed by atoms with Crippen molar-refractivity contribution in [1.29, 1.82) is 0 Å². The SMILES string of the molecule is Cc1[nH]c2c(-c3nc([C@@H]4CCOC4)no3)cccc2c1C. The lowest BCUT2D eigenvalue weighted by Gasteiger charge is -1.99. The van der Waals surface area contributed by atoms with E-state index in [4.69, 9.17) is 9.26 Å². The Balaban J connectivity index is 1.81. The molecule has 1 saturated heterocycles. The second-order valence-corrected chi connectivity index (χ2v) is 5.62. The molecule has 0 radical (unpaired) electrons. The van der Waals surface area contributed by atoms with E-state index in [9.17, 15) is 0 Å². The number of nitrogens with zero attached hydrogens (tertiary/aromatic N) is 2. The van der Waals surface area contributed by atoms with Crippen LogP contribution in [0, 0.1) is 13.8 Å². The molecule has 3 heterocycles. The zero-order valence-electron chi connectivity index (χ0n) is 12.1. The van der Waals surface area contributed by atoms with E-state index in [1.807, 2.05) is 12.1 Å². The van der Waals surface area contributed by atoms with Crippen molar-refractivity contribution in [1.82, 2.24) is 15.1 Å². The van der Waals surface area contributed by atoms with Crippen molar-refractivity contribution in [2.24, 2.45) is 0 Å². The molecule has 0 unspecified atom stereocenters. The first kappa shape index (κ1) is 12.6. The summed E-state index contributed by atoms with van der Waals surface area (Å²) in [5, 5.41) is 5.33. The molecular formula is C16H17N3O2. The number of fused-ring (bicyclic) bond motifs is 1. The maximum atomic E-state index is 5.48. The van der Waals surface area contributed by atoms with E-state index < -0.39 is 0 Å². The number of para-hydroxylation sites is 1. The summed E-state index contributed by atoms with van der Waals surface area (Å²) < 4.78 is 10.9. The van der Waals surface area contributed by atoms with Crippen LogP contribution in [0.4, 0.5) is 0 Å². The molecule has 1 aliphatic heterocycles. The third-order valence-electron chi connectivity index (χ3n) is 4.31. The molecule has 0 bridgehead atoms. The molecule has 0 saturated carbocycles. The molecule has 1 aliphatic rings. The van der Waals surface area contributed by atoms with Gasteiger partial charge in [-0.3, -0.25) is 0 Å². The van der Waals surface area contributed by atoms with Crippen LogP contribution >= 0.6 is 0 Å². The van der Waals surface area contributed by atoms with E-state index in [-0.39, 0.29) is 5.92 Å². The first-order valence-corrected chi connectivity index (χ1v) is 7.23. The minimum atomic E-state index is 0.258. The number of aromatic nitrogens is 3. The van der Waals surface area contributed by atoms with Gasteiger partial charge >= 0.3 is 0 Å². The van der Waals surface area contributed by atoms with Gasteiger partial charge in [-0.25, -0.2) is 0 Å². The van der Waals surface area contributed by atoms with Crippen molar-refractivity contribution in [2.75, 3.05) is 13.2 Å². The van der Waals surface area contributed by atoms with Gasteiger partial charge in [0.05, 0.1) is 17.7 Å². The predicted molar refractivity (Wildman–Crippen MR) is 79.2 cm³/mol. The zero-order chi connectivity index (χ0) is 14.4. The molecule has 5 nitrogen and oxygen atoms in total. The molecule has 0 amide bonds. The average Bonchev–Trinajstić information content (AvgIpc) is 3.20. The largest absolute Gasteiger partial charge is 0.381 e. The van der Waals surface area contributed by atoms with Crippen LogP contribution in [0.2, 0.25) is 0 Å². The van der Waals surface area contributed by atoms with Crippen LogP contribution in [0.5, 0.6) is 0 Å². The normalized spacial score (nSPS) is 18.7. The molecule has 3 aromatic rings. The van der Waals surface area contributed by atoms with Gasteiger partial charge in [-0.05, 0) is 31.9 Å². The monoisotopic (exact) mass is 283 g/mol. The van der Waals surface area contributed by atoms with E-state index in [0.717, 1.165) is 29.9 Å². The molecule has 0 aliphatic carbocycles. The Hall–Kier alpha value is -2.14. The van der Waals surface area contributed by atoms with Gasteiger partial charge in [-0.15, -0.1) is 0 Å². The molecule has 1 atom stereocenters. The van der Waals surface area contributed by atoms with Gasteiger partial charge in [0.15, 0.2) is 5.82 Å². The molecule has 21 heavy (non-hydrogen) atoms. The van der Waals surface area contributed by atoms with Crippen molar-refractivity contribution in [3.8, 4) is 11.5 Å². The Morgan fingerprint density at radius 1 is 1.29 bits per heavy atom. The second kappa shape index (κ2) is 4.70. The van der Waals surface area contributed by atoms with E-state index in [1.54, 1.807) is 0 Å². The molecule has 5 heteroatoms. The fraction of sp³-hybridized carbons (Fsp3) is 0.375. The van der Waals surface area contributed by atoms with E-state index >= 15 is 0 Å². The Labute approximate surface area is 122 Å². The highest BCUT2D eigenvalue weighted by Gasteiger charge is 2.24. The van der Waals surface area contributed by atoms with E-state index in [1.165, 1.54) is 16.6 Å². The molecule has 1 fully saturated rings. The maximum Gasteiger partial charge on any atom is 0.260 e. The number of nitrogens with one attached hydrogen (secondary N) is 1. The van der Waals surface area contributed by atoms with E-state index in [0.29, 0.717) is 12.5 Å². The Morgan fingerprint density at radius 3 is 3.00 bits per heavy atom. The van der Waals surface area contributed by atoms with Crippen LogP contribution in [0.15, 0.2) is 22.7 Å². The maximum absolute atomic E-state index is 5.48. The van der Waals surface area contributed by atoms with Gasteiger partial charge in [-0.1, -0.05) is 17.3 Å². The Kier molecular flexibility index (Phi) is 2.82. The van der Waals surface area contributed by atoms with Crippen molar-refractivity contribution in [3.05, 3.63) is 35.3 Å². The fourth-order valence-corrected chi connectivity index (χ4v) is 2.91. The molecule has 108 valence electrons. The predicted octanol–water partition coefficient (Wildman–Crippen LogP) is 3.34. The summed E-state index contributed by atoms with van der Waals surface area (Å²) in [6.45, 7) is 5.66. The molecule has 1 aromatic carbocycles. The number of benzene rings is 1. The quantitative estimate of drug-likeness (QED) is 0.783. The molecule has 4 rings (SSSR count). The number of hydrogen-bond acceptors (Lipinski definition) is 4. The van der Waals surface area contributed by atoms with Crippen LogP contribution in [0.3, 0.4) is 0 Å². The van der Waals surface area contributed by atoms with Crippen LogP contribution < -0.4 is 0 Å². The first-order chi connectivity index (χ1) is 10.2. The Morgan fingerprint density at radius 2 is 2.19 bits per heavy atom. The smallest absolute Gasteiger partial charge is 0.260 e. The first-order valence-electron chi connectivity index (χ1n) is 7.23. The summed E-state index contributed by atoms with van der Waals surface area (Å²) in [6.07, 6.45) is 0.962. The third kappa shape index (κ3) is 1.96. The highest BCUT2D eigenvalue weighted by molar-refractivity contribution is 5.94.